The zero-order valence-electron chi connectivity index (χ0n) is 11.7. The van der Waals surface area contributed by atoms with Crippen molar-refractivity contribution >= 4 is 17.7 Å². The van der Waals surface area contributed by atoms with Crippen molar-refractivity contribution in [2.45, 2.75) is 32.3 Å². The SMILES string of the molecule is Cn1cnc(Cl)c1C(CN)CNC(=O)OC(C)(C)C. The smallest absolute Gasteiger partial charge is 0.407 e. The van der Waals surface area contributed by atoms with Crippen LogP contribution in [0, 0.1) is 0 Å². The van der Waals surface area contributed by atoms with Crippen LogP contribution in [0.1, 0.15) is 32.4 Å². The molecule has 0 aliphatic rings. The number of nitrogens with zero attached hydrogens (tertiary/aromatic N) is 2. The fourth-order valence-electron chi connectivity index (χ4n) is 1.68. The lowest BCUT2D eigenvalue weighted by atomic mass is 10.1. The Morgan fingerprint density at radius 3 is 2.68 bits per heavy atom. The average Bonchev–Trinajstić information content (AvgIpc) is 2.59. The van der Waals surface area contributed by atoms with E-state index in [0.29, 0.717) is 18.2 Å². The van der Waals surface area contributed by atoms with Crippen LogP contribution in [0.15, 0.2) is 6.33 Å². The maximum Gasteiger partial charge on any atom is 0.407 e. The van der Waals surface area contributed by atoms with Gasteiger partial charge in [0.1, 0.15) is 5.60 Å². The molecule has 0 bridgehead atoms. The lowest BCUT2D eigenvalue weighted by molar-refractivity contribution is 0.0524. The van der Waals surface area contributed by atoms with Crippen LogP contribution in [0.5, 0.6) is 0 Å². The Labute approximate surface area is 118 Å². The van der Waals surface area contributed by atoms with Gasteiger partial charge in [0, 0.05) is 26.1 Å². The largest absolute Gasteiger partial charge is 0.444 e. The Kier molecular flexibility index (Phi) is 5.20. The molecule has 19 heavy (non-hydrogen) atoms. The summed E-state index contributed by atoms with van der Waals surface area (Å²) in [7, 11) is 1.84. The Balaban J connectivity index is 2.62. The second-order valence-corrected chi connectivity index (χ2v) is 5.70. The predicted octanol–water partition coefficient (Wildman–Crippen LogP) is 1.64. The highest BCUT2D eigenvalue weighted by Crippen LogP contribution is 2.21. The van der Waals surface area contributed by atoms with E-state index in [4.69, 9.17) is 22.1 Å². The van der Waals surface area contributed by atoms with Crippen molar-refractivity contribution in [1.82, 2.24) is 14.9 Å². The number of nitrogens with one attached hydrogen (secondary N) is 1. The van der Waals surface area contributed by atoms with E-state index >= 15 is 0 Å². The summed E-state index contributed by atoms with van der Waals surface area (Å²) in [6.07, 6.45) is 1.15. The van der Waals surface area contributed by atoms with E-state index in [-0.39, 0.29) is 5.92 Å². The van der Waals surface area contributed by atoms with Crippen LogP contribution in [0.25, 0.3) is 0 Å². The number of amides is 1. The van der Waals surface area contributed by atoms with Crippen LogP contribution >= 0.6 is 11.6 Å². The van der Waals surface area contributed by atoms with Gasteiger partial charge in [-0.05, 0) is 20.8 Å². The van der Waals surface area contributed by atoms with Gasteiger partial charge < -0.3 is 20.4 Å². The van der Waals surface area contributed by atoms with Gasteiger partial charge in [-0.15, -0.1) is 0 Å². The molecule has 0 aromatic carbocycles. The number of alkyl carbamates (subject to hydrolysis) is 1. The molecule has 0 radical (unpaired) electrons. The molecule has 0 aliphatic carbocycles. The summed E-state index contributed by atoms with van der Waals surface area (Å²) in [4.78, 5) is 15.6. The predicted molar refractivity (Wildman–Crippen MR) is 74.3 cm³/mol. The number of nitrogens with two attached hydrogens (primary N) is 1. The Morgan fingerprint density at radius 1 is 1.63 bits per heavy atom. The van der Waals surface area contributed by atoms with Crippen molar-refractivity contribution in [3.8, 4) is 0 Å². The summed E-state index contributed by atoms with van der Waals surface area (Å²) >= 11 is 6.01. The van der Waals surface area contributed by atoms with Crippen molar-refractivity contribution in [1.29, 1.82) is 0 Å². The van der Waals surface area contributed by atoms with Crippen molar-refractivity contribution in [3.05, 3.63) is 17.2 Å². The molecule has 1 aromatic rings. The zero-order chi connectivity index (χ0) is 14.6. The van der Waals surface area contributed by atoms with Gasteiger partial charge in [-0.25, -0.2) is 9.78 Å². The van der Waals surface area contributed by atoms with Gasteiger partial charge in [0.2, 0.25) is 0 Å². The summed E-state index contributed by atoms with van der Waals surface area (Å²) in [5, 5.41) is 3.10. The van der Waals surface area contributed by atoms with Gasteiger partial charge in [-0.1, -0.05) is 11.6 Å². The maximum atomic E-state index is 11.6. The monoisotopic (exact) mass is 288 g/mol. The highest BCUT2D eigenvalue weighted by molar-refractivity contribution is 6.30. The van der Waals surface area contributed by atoms with Gasteiger partial charge >= 0.3 is 6.09 Å². The number of rotatable bonds is 4. The first-order valence-electron chi connectivity index (χ1n) is 6.08. The van der Waals surface area contributed by atoms with E-state index in [0.717, 1.165) is 5.69 Å². The molecule has 0 aliphatic heterocycles. The second-order valence-electron chi connectivity index (χ2n) is 5.35. The third-order valence-electron chi connectivity index (χ3n) is 2.50. The summed E-state index contributed by atoms with van der Waals surface area (Å²) in [5.41, 5.74) is 6.01. The minimum atomic E-state index is -0.521. The first-order valence-corrected chi connectivity index (χ1v) is 6.46. The Morgan fingerprint density at radius 2 is 2.26 bits per heavy atom. The molecule has 1 aromatic heterocycles. The molecule has 0 fully saturated rings. The van der Waals surface area contributed by atoms with Gasteiger partial charge in [0.15, 0.2) is 5.15 Å². The Hall–Kier alpha value is -1.27. The second kappa shape index (κ2) is 6.25. The van der Waals surface area contributed by atoms with Crippen molar-refractivity contribution in [2.75, 3.05) is 13.1 Å². The third-order valence-corrected chi connectivity index (χ3v) is 2.79. The van der Waals surface area contributed by atoms with Crippen LogP contribution in [-0.4, -0.2) is 34.3 Å². The number of aromatic nitrogens is 2. The van der Waals surface area contributed by atoms with E-state index < -0.39 is 11.7 Å². The lowest BCUT2D eigenvalue weighted by Gasteiger charge is -2.21. The quantitative estimate of drug-likeness (QED) is 0.882. The summed E-state index contributed by atoms with van der Waals surface area (Å²) in [5.74, 6) is -0.104. The molecular formula is C12H21ClN4O2. The van der Waals surface area contributed by atoms with Crippen molar-refractivity contribution < 1.29 is 9.53 Å². The van der Waals surface area contributed by atoms with Gasteiger partial charge in [0.25, 0.3) is 0 Å². The topological polar surface area (TPSA) is 82.2 Å². The molecule has 3 N–H and O–H groups in total. The minimum Gasteiger partial charge on any atom is -0.444 e. The number of hydrogen-bond donors (Lipinski definition) is 2. The summed E-state index contributed by atoms with van der Waals surface area (Å²) in [6, 6.07) is 0. The fraction of sp³-hybridized carbons (Fsp3) is 0.667. The van der Waals surface area contributed by atoms with E-state index in [1.807, 2.05) is 27.8 Å². The molecule has 7 heteroatoms. The molecule has 1 amide bonds. The van der Waals surface area contributed by atoms with Crippen LogP contribution in [0.4, 0.5) is 4.79 Å². The first-order chi connectivity index (χ1) is 8.74. The molecule has 1 heterocycles. The molecule has 0 saturated carbocycles. The summed E-state index contributed by atoms with van der Waals surface area (Å²) < 4.78 is 6.97. The maximum absolute atomic E-state index is 11.6. The van der Waals surface area contributed by atoms with E-state index in [2.05, 4.69) is 10.3 Å². The molecule has 6 nitrogen and oxygen atoms in total. The normalized spacial score (nSPS) is 13.2. The number of ether oxygens (including phenoxy) is 1. The van der Waals surface area contributed by atoms with Crippen LogP contribution in [0.2, 0.25) is 5.15 Å². The Bertz CT molecular complexity index is 420. The minimum absolute atomic E-state index is 0.104. The van der Waals surface area contributed by atoms with Gasteiger partial charge in [-0.3, -0.25) is 0 Å². The van der Waals surface area contributed by atoms with Crippen LogP contribution in [-0.2, 0) is 11.8 Å². The van der Waals surface area contributed by atoms with E-state index in [1.165, 1.54) is 0 Å². The summed E-state index contributed by atoms with van der Waals surface area (Å²) in [6.45, 7) is 6.14. The van der Waals surface area contributed by atoms with Gasteiger partial charge in [0.05, 0.1) is 12.0 Å². The standard InChI is InChI=1S/C12H21ClN4O2/c1-12(2,3)19-11(18)15-6-8(5-14)9-10(13)16-7-17(9)4/h7-8H,5-6,14H2,1-4H3,(H,15,18). The van der Waals surface area contributed by atoms with Crippen LogP contribution < -0.4 is 11.1 Å². The molecule has 1 unspecified atom stereocenters. The van der Waals surface area contributed by atoms with Crippen LogP contribution in [0.3, 0.4) is 0 Å². The average molecular weight is 289 g/mol. The zero-order valence-corrected chi connectivity index (χ0v) is 12.5. The molecule has 1 rings (SSSR count). The van der Waals surface area contributed by atoms with Crippen molar-refractivity contribution in [3.63, 3.8) is 0 Å². The number of hydrogen-bond acceptors (Lipinski definition) is 4. The molecule has 0 saturated heterocycles. The molecule has 108 valence electrons. The molecule has 0 spiro atoms. The fourth-order valence-corrected chi connectivity index (χ4v) is 2.01. The van der Waals surface area contributed by atoms with Gasteiger partial charge in [-0.2, -0.15) is 0 Å². The van der Waals surface area contributed by atoms with E-state index in [9.17, 15) is 4.79 Å². The number of aryl methyl sites for hydroxylation is 1. The highest BCUT2D eigenvalue weighted by atomic mass is 35.5. The number of carbonyl (C=O) groups excluding carboxylic acids is 1. The number of halogens is 1. The molecular weight excluding hydrogens is 268 g/mol. The highest BCUT2D eigenvalue weighted by Gasteiger charge is 2.21. The first kappa shape index (κ1) is 15.8. The van der Waals surface area contributed by atoms with E-state index in [1.54, 1.807) is 10.9 Å². The number of imidazole rings is 1. The third kappa shape index (κ3) is 4.72. The number of carbonyl (C=O) groups is 1. The lowest BCUT2D eigenvalue weighted by Crippen LogP contribution is -2.36. The molecule has 1 atom stereocenters. The van der Waals surface area contributed by atoms with Crippen molar-refractivity contribution in [2.24, 2.45) is 12.8 Å².